The monoisotopic (exact) mass is 316 g/mol. The maximum absolute atomic E-state index is 5.76. The highest BCUT2D eigenvalue weighted by Gasteiger charge is 2.09. The van der Waals surface area contributed by atoms with E-state index in [9.17, 15) is 0 Å². The van der Waals surface area contributed by atoms with Crippen molar-refractivity contribution in [3.63, 3.8) is 0 Å². The molecular weight excluding hydrogens is 276 g/mol. The van der Waals surface area contributed by atoms with E-state index in [-0.39, 0.29) is 0 Å². The number of hydrogen-bond donors (Lipinski definition) is 0. The van der Waals surface area contributed by atoms with Gasteiger partial charge in [0.25, 0.3) is 6.48 Å². The van der Waals surface area contributed by atoms with Crippen molar-refractivity contribution < 1.29 is 14.2 Å². The molecule has 0 aliphatic carbocycles. The fourth-order valence-electron chi connectivity index (χ4n) is 2.27. The number of rotatable bonds is 18. The average Bonchev–Trinajstić information content (AvgIpc) is 2.53. The van der Waals surface area contributed by atoms with Crippen molar-refractivity contribution in [3.05, 3.63) is 0 Å². The first-order chi connectivity index (χ1) is 10.8. The smallest absolute Gasteiger partial charge is 0.271 e. The quantitative estimate of drug-likeness (QED) is 0.227. The van der Waals surface area contributed by atoms with Gasteiger partial charge < -0.3 is 14.2 Å². The van der Waals surface area contributed by atoms with E-state index >= 15 is 0 Å². The molecule has 0 saturated heterocycles. The van der Waals surface area contributed by atoms with Crippen molar-refractivity contribution in [2.75, 3.05) is 19.8 Å². The zero-order valence-electron chi connectivity index (χ0n) is 15.4. The summed E-state index contributed by atoms with van der Waals surface area (Å²) < 4.78 is 17.3. The first-order valence-electron chi connectivity index (χ1n) is 9.69. The molecule has 134 valence electrons. The van der Waals surface area contributed by atoms with Crippen LogP contribution in [-0.4, -0.2) is 26.3 Å². The van der Waals surface area contributed by atoms with E-state index in [0.717, 1.165) is 39.1 Å². The highest BCUT2D eigenvalue weighted by Crippen LogP contribution is 2.07. The lowest BCUT2D eigenvalue weighted by molar-refractivity contribution is -0.288. The molecule has 22 heavy (non-hydrogen) atoms. The van der Waals surface area contributed by atoms with Crippen molar-refractivity contribution in [3.8, 4) is 0 Å². The molecule has 0 aliphatic heterocycles. The van der Waals surface area contributed by atoms with Crippen LogP contribution in [0.4, 0.5) is 0 Å². The van der Waals surface area contributed by atoms with Crippen LogP contribution in [0.2, 0.25) is 0 Å². The van der Waals surface area contributed by atoms with Gasteiger partial charge in [-0.05, 0) is 19.3 Å². The van der Waals surface area contributed by atoms with Gasteiger partial charge in [-0.25, -0.2) is 0 Å². The normalized spacial score (nSPS) is 11.5. The van der Waals surface area contributed by atoms with Crippen molar-refractivity contribution in [2.24, 2.45) is 0 Å². The van der Waals surface area contributed by atoms with Gasteiger partial charge in [0.2, 0.25) is 0 Å². The van der Waals surface area contributed by atoms with E-state index in [4.69, 9.17) is 14.2 Å². The van der Waals surface area contributed by atoms with Gasteiger partial charge in [-0.15, -0.1) is 0 Å². The molecule has 0 heterocycles. The average molecular weight is 317 g/mol. The minimum Gasteiger partial charge on any atom is -0.330 e. The molecule has 0 N–H and O–H groups in total. The minimum atomic E-state index is -0.454. The summed E-state index contributed by atoms with van der Waals surface area (Å²) in [5, 5.41) is 0. The standard InChI is InChI=1S/C19H40O3/c1-4-7-10-13-16-20-19(21-17-14-11-8-5-2)22-18-15-12-9-6-3/h19H,4-18H2,1-3H3. The molecule has 0 aromatic rings. The fraction of sp³-hybridized carbons (Fsp3) is 1.00. The Morgan fingerprint density at radius 1 is 0.455 bits per heavy atom. The van der Waals surface area contributed by atoms with Crippen molar-refractivity contribution >= 4 is 0 Å². The van der Waals surface area contributed by atoms with Gasteiger partial charge in [0.1, 0.15) is 0 Å². The van der Waals surface area contributed by atoms with Crippen molar-refractivity contribution in [2.45, 2.75) is 104 Å². The van der Waals surface area contributed by atoms with Gasteiger partial charge in [-0.3, -0.25) is 0 Å². The van der Waals surface area contributed by atoms with E-state index in [0.29, 0.717) is 0 Å². The van der Waals surface area contributed by atoms with Gasteiger partial charge in [0.05, 0.1) is 19.8 Å². The molecule has 0 atom stereocenters. The molecule has 0 amide bonds. The fourth-order valence-corrected chi connectivity index (χ4v) is 2.27. The predicted octanol–water partition coefficient (Wildman–Crippen LogP) is 6.06. The molecule has 0 bridgehead atoms. The van der Waals surface area contributed by atoms with Crippen LogP contribution in [0, 0.1) is 0 Å². The van der Waals surface area contributed by atoms with E-state index in [2.05, 4.69) is 20.8 Å². The van der Waals surface area contributed by atoms with Crippen molar-refractivity contribution in [1.29, 1.82) is 0 Å². The van der Waals surface area contributed by atoms with Crippen LogP contribution in [0.5, 0.6) is 0 Å². The lowest BCUT2D eigenvalue weighted by Crippen LogP contribution is -2.23. The maximum atomic E-state index is 5.76. The third-order valence-corrected chi connectivity index (χ3v) is 3.76. The Morgan fingerprint density at radius 2 is 0.773 bits per heavy atom. The Morgan fingerprint density at radius 3 is 1.05 bits per heavy atom. The maximum Gasteiger partial charge on any atom is 0.271 e. The number of hydrogen-bond acceptors (Lipinski definition) is 3. The summed E-state index contributed by atoms with van der Waals surface area (Å²) in [7, 11) is 0. The summed E-state index contributed by atoms with van der Waals surface area (Å²) in [6.45, 7) is 8.45. The van der Waals surface area contributed by atoms with Crippen LogP contribution < -0.4 is 0 Å². The van der Waals surface area contributed by atoms with Crippen LogP contribution in [0.15, 0.2) is 0 Å². The van der Waals surface area contributed by atoms with E-state index in [1.165, 1.54) is 57.8 Å². The molecule has 0 aliphatic rings. The molecule has 0 rings (SSSR count). The third-order valence-electron chi connectivity index (χ3n) is 3.76. The minimum absolute atomic E-state index is 0.454. The summed E-state index contributed by atoms with van der Waals surface area (Å²) in [5.74, 6) is 0. The van der Waals surface area contributed by atoms with Gasteiger partial charge in [0, 0.05) is 0 Å². The molecule has 0 aromatic carbocycles. The second kappa shape index (κ2) is 18.9. The topological polar surface area (TPSA) is 27.7 Å². The van der Waals surface area contributed by atoms with Gasteiger partial charge in [-0.1, -0.05) is 78.6 Å². The summed E-state index contributed by atoms with van der Waals surface area (Å²) in [6, 6.07) is 0. The van der Waals surface area contributed by atoms with Crippen LogP contribution in [-0.2, 0) is 14.2 Å². The molecule has 0 saturated carbocycles. The SMILES string of the molecule is CCCCCCOC(OCCCCCC)OCCCCCC. The van der Waals surface area contributed by atoms with E-state index < -0.39 is 6.48 Å². The third kappa shape index (κ3) is 16.3. The van der Waals surface area contributed by atoms with Crippen molar-refractivity contribution in [1.82, 2.24) is 0 Å². The Balaban J connectivity index is 3.72. The second-order valence-corrected chi connectivity index (χ2v) is 6.08. The molecule has 0 fully saturated rings. The summed E-state index contributed by atoms with van der Waals surface area (Å²) in [6.07, 6.45) is 14.6. The Bertz CT molecular complexity index is 164. The van der Waals surface area contributed by atoms with E-state index in [1.807, 2.05) is 0 Å². The highest BCUT2D eigenvalue weighted by molar-refractivity contribution is 4.43. The van der Waals surface area contributed by atoms with Gasteiger partial charge in [0.15, 0.2) is 0 Å². The highest BCUT2D eigenvalue weighted by atomic mass is 16.8. The molecule has 0 aromatic heterocycles. The predicted molar refractivity (Wildman–Crippen MR) is 94.1 cm³/mol. The Kier molecular flexibility index (Phi) is 18.8. The molecule has 3 heteroatoms. The van der Waals surface area contributed by atoms with Crippen LogP contribution in [0.1, 0.15) is 97.8 Å². The van der Waals surface area contributed by atoms with Crippen LogP contribution in [0.3, 0.4) is 0 Å². The molecule has 0 spiro atoms. The van der Waals surface area contributed by atoms with E-state index in [1.54, 1.807) is 0 Å². The summed E-state index contributed by atoms with van der Waals surface area (Å²) >= 11 is 0. The van der Waals surface area contributed by atoms with Crippen LogP contribution in [0.25, 0.3) is 0 Å². The Hall–Kier alpha value is -0.120. The zero-order valence-corrected chi connectivity index (χ0v) is 15.4. The lowest BCUT2D eigenvalue weighted by atomic mass is 10.2. The first kappa shape index (κ1) is 21.9. The molecule has 0 unspecified atom stereocenters. The number of ether oxygens (including phenoxy) is 3. The molecule has 0 radical (unpaired) electrons. The van der Waals surface area contributed by atoms with Gasteiger partial charge >= 0.3 is 0 Å². The Labute approximate surface area is 139 Å². The molecule has 3 nitrogen and oxygen atoms in total. The zero-order chi connectivity index (χ0) is 16.3. The van der Waals surface area contributed by atoms with Crippen LogP contribution >= 0.6 is 0 Å². The first-order valence-corrected chi connectivity index (χ1v) is 9.69. The van der Waals surface area contributed by atoms with Gasteiger partial charge in [-0.2, -0.15) is 0 Å². The summed E-state index contributed by atoms with van der Waals surface area (Å²) in [5.41, 5.74) is 0. The summed E-state index contributed by atoms with van der Waals surface area (Å²) in [4.78, 5) is 0. The second-order valence-electron chi connectivity index (χ2n) is 6.08. The molecular formula is C19H40O3. The lowest BCUT2D eigenvalue weighted by Gasteiger charge is -2.19. The largest absolute Gasteiger partial charge is 0.330 e. The number of unbranched alkanes of at least 4 members (excludes halogenated alkanes) is 9.